The average molecular weight is 267 g/mol. The van der Waals surface area contributed by atoms with E-state index in [1.807, 2.05) is 13.1 Å². The van der Waals surface area contributed by atoms with Gasteiger partial charge >= 0.3 is 0 Å². The minimum Gasteiger partial charge on any atom is -0.368 e. The predicted octanol–water partition coefficient (Wildman–Crippen LogP) is 3.68. The molecule has 18 heavy (non-hydrogen) atoms. The quantitative estimate of drug-likeness (QED) is 0.894. The predicted molar refractivity (Wildman–Crippen MR) is 79.4 cm³/mol. The Labute approximate surface area is 115 Å². The molecule has 100 valence electrons. The van der Waals surface area contributed by atoms with E-state index < -0.39 is 0 Å². The Morgan fingerprint density at radius 1 is 1.44 bits per heavy atom. The number of hydrogen-bond donors (Lipinski definition) is 1. The summed E-state index contributed by atoms with van der Waals surface area (Å²) in [5, 5.41) is 4.06. The van der Waals surface area contributed by atoms with Crippen molar-refractivity contribution in [3.05, 3.63) is 28.8 Å². The van der Waals surface area contributed by atoms with Gasteiger partial charge in [-0.3, -0.25) is 0 Å². The first-order chi connectivity index (χ1) is 8.63. The fourth-order valence-electron chi connectivity index (χ4n) is 2.95. The Hall–Kier alpha value is -0.730. The minimum atomic E-state index is 0.668. The molecule has 1 fully saturated rings. The van der Waals surface area contributed by atoms with Crippen molar-refractivity contribution in [1.29, 1.82) is 0 Å². The third-order valence-electron chi connectivity index (χ3n) is 3.79. The zero-order chi connectivity index (χ0) is 13.1. The van der Waals surface area contributed by atoms with Gasteiger partial charge in [0.1, 0.15) is 0 Å². The first-order valence-electron chi connectivity index (χ1n) is 6.83. The highest BCUT2D eigenvalue weighted by molar-refractivity contribution is 6.30. The van der Waals surface area contributed by atoms with Crippen LogP contribution in [0.25, 0.3) is 0 Å². The molecule has 2 rings (SSSR count). The Morgan fingerprint density at radius 2 is 2.22 bits per heavy atom. The topological polar surface area (TPSA) is 15.3 Å². The molecule has 1 aromatic carbocycles. The average Bonchev–Trinajstić information content (AvgIpc) is 2.78. The van der Waals surface area contributed by atoms with Gasteiger partial charge in [-0.1, -0.05) is 25.4 Å². The molecule has 1 heterocycles. The van der Waals surface area contributed by atoms with Gasteiger partial charge in [0, 0.05) is 29.8 Å². The smallest absolute Gasteiger partial charge is 0.0415 e. The van der Waals surface area contributed by atoms with Crippen molar-refractivity contribution in [3.63, 3.8) is 0 Å². The molecule has 2 nitrogen and oxygen atoms in total. The maximum Gasteiger partial charge on any atom is 0.0415 e. The second-order valence-corrected chi connectivity index (χ2v) is 5.89. The number of anilines is 1. The summed E-state index contributed by atoms with van der Waals surface area (Å²) in [5.74, 6) is 0.700. The third-order valence-corrected chi connectivity index (χ3v) is 4.02. The Morgan fingerprint density at radius 3 is 2.89 bits per heavy atom. The fourth-order valence-corrected chi connectivity index (χ4v) is 3.15. The number of hydrogen-bond acceptors (Lipinski definition) is 2. The SMILES string of the molecule is CNCc1cc(Cl)ccc1N1CCCC1C(C)C. The van der Waals surface area contributed by atoms with Crippen molar-refractivity contribution < 1.29 is 0 Å². The third kappa shape index (κ3) is 2.81. The molecule has 1 saturated heterocycles. The summed E-state index contributed by atoms with van der Waals surface area (Å²) in [6.45, 7) is 6.67. The van der Waals surface area contributed by atoms with Crippen LogP contribution in [0.4, 0.5) is 5.69 Å². The van der Waals surface area contributed by atoms with Crippen molar-refractivity contribution in [2.75, 3.05) is 18.5 Å². The first kappa shape index (κ1) is 13.7. The molecule has 0 saturated carbocycles. The highest BCUT2D eigenvalue weighted by atomic mass is 35.5. The van der Waals surface area contributed by atoms with E-state index in [4.69, 9.17) is 11.6 Å². The van der Waals surface area contributed by atoms with Crippen LogP contribution in [0.3, 0.4) is 0 Å². The molecular formula is C15H23ClN2. The molecule has 1 unspecified atom stereocenters. The zero-order valence-corrected chi connectivity index (χ0v) is 12.3. The molecule has 0 radical (unpaired) electrons. The van der Waals surface area contributed by atoms with E-state index in [2.05, 4.69) is 36.2 Å². The zero-order valence-electron chi connectivity index (χ0n) is 11.5. The molecule has 1 atom stereocenters. The van der Waals surface area contributed by atoms with Crippen LogP contribution in [0.5, 0.6) is 0 Å². The number of halogens is 1. The van der Waals surface area contributed by atoms with Crippen molar-refractivity contribution in [2.45, 2.75) is 39.3 Å². The lowest BCUT2D eigenvalue weighted by molar-refractivity contribution is 0.491. The van der Waals surface area contributed by atoms with Gasteiger partial charge in [-0.25, -0.2) is 0 Å². The number of benzene rings is 1. The van der Waals surface area contributed by atoms with Crippen LogP contribution in [0.1, 0.15) is 32.3 Å². The minimum absolute atomic E-state index is 0.668. The van der Waals surface area contributed by atoms with E-state index in [-0.39, 0.29) is 0 Å². The van der Waals surface area contributed by atoms with Crippen molar-refractivity contribution in [2.24, 2.45) is 5.92 Å². The Kier molecular flexibility index (Phi) is 4.52. The van der Waals surface area contributed by atoms with Crippen LogP contribution < -0.4 is 10.2 Å². The fraction of sp³-hybridized carbons (Fsp3) is 0.600. The highest BCUT2D eigenvalue weighted by Crippen LogP contribution is 2.33. The summed E-state index contributed by atoms with van der Waals surface area (Å²) in [6, 6.07) is 6.94. The summed E-state index contributed by atoms with van der Waals surface area (Å²) >= 11 is 6.11. The van der Waals surface area contributed by atoms with E-state index in [9.17, 15) is 0 Å². The van der Waals surface area contributed by atoms with E-state index >= 15 is 0 Å². The van der Waals surface area contributed by atoms with Gasteiger partial charge in [-0.05, 0) is 49.6 Å². The lowest BCUT2D eigenvalue weighted by atomic mass is 10.0. The maximum atomic E-state index is 6.11. The molecule has 1 aliphatic heterocycles. The van der Waals surface area contributed by atoms with Crippen molar-refractivity contribution in [3.8, 4) is 0 Å². The number of rotatable bonds is 4. The first-order valence-corrected chi connectivity index (χ1v) is 7.21. The van der Waals surface area contributed by atoms with Gasteiger partial charge in [-0.15, -0.1) is 0 Å². The van der Waals surface area contributed by atoms with Crippen LogP contribution in [0.2, 0.25) is 5.02 Å². The molecular weight excluding hydrogens is 244 g/mol. The van der Waals surface area contributed by atoms with E-state index in [1.165, 1.54) is 30.6 Å². The molecule has 1 N–H and O–H groups in total. The molecule has 3 heteroatoms. The van der Waals surface area contributed by atoms with Gasteiger partial charge in [0.2, 0.25) is 0 Å². The highest BCUT2D eigenvalue weighted by Gasteiger charge is 2.28. The van der Waals surface area contributed by atoms with Gasteiger partial charge in [0.25, 0.3) is 0 Å². The molecule has 0 aromatic heterocycles. The molecule has 0 aliphatic carbocycles. The molecule has 1 aromatic rings. The second kappa shape index (κ2) is 5.94. The van der Waals surface area contributed by atoms with Crippen LogP contribution >= 0.6 is 11.6 Å². The number of nitrogens with one attached hydrogen (secondary N) is 1. The van der Waals surface area contributed by atoms with Crippen LogP contribution in [0.15, 0.2) is 18.2 Å². The van der Waals surface area contributed by atoms with Crippen molar-refractivity contribution >= 4 is 17.3 Å². The van der Waals surface area contributed by atoms with Gasteiger partial charge in [-0.2, -0.15) is 0 Å². The van der Waals surface area contributed by atoms with Gasteiger partial charge < -0.3 is 10.2 Å². The van der Waals surface area contributed by atoms with Gasteiger partial charge in [0.15, 0.2) is 0 Å². The Bertz CT molecular complexity index is 403. The van der Waals surface area contributed by atoms with Crippen LogP contribution in [0, 0.1) is 5.92 Å². The summed E-state index contributed by atoms with van der Waals surface area (Å²) in [5.41, 5.74) is 2.66. The van der Waals surface area contributed by atoms with Crippen LogP contribution in [-0.2, 0) is 6.54 Å². The van der Waals surface area contributed by atoms with Gasteiger partial charge in [0.05, 0.1) is 0 Å². The monoisotopic (exact) mass is 266 g/mol. The molecule has 0 amide bonds. The molecule has 0 spiro atoms. The summed E-state index contributed by atoms with van der Waals surface area (Å²) in [7, 11) is 1.98. The lowest BCUT2D eigenvalue weighted by Gasteiger charge is -2.31. The van der Waals surface area contributed by atoms with E-state index in [0.29, 0.717) is 12.0 Å². The Balaban J connectivity index is 2.31. The van der Waals surface area contributed by atoms with E-state index in [0.717, 1.165) is 11.6 Å². The van der Waals surface area contributed by atoms with Crippen LogP contribution in [-0.4, -0.2) is 19.6 Å². The molecule has 0 bridgehead atoms. The summed E-state index contributed by atoms with van der Waals surface area (Å²) in [6.07, 6.45) is 2.60. The normalized spacial score (nSPS) is 19.8. The summed E-state index contributed by atoms with van der Waals surface area (Å²) in [4.78, 5) is 2.56. The standard InChI is InChI=1S/C15H23ClN2/c1-11(2)14-5-4-8-18(14)15-7-6-13(16)9-12(15)10-17-3/h6-7,9,11,14,17H,4-5,8,10H2,1-3H3. The lowest BCUT2D eigenvalue weighted by Crippen LogP contribution is -2.34. The largest absolute Gasteiger partial charge is 0.368 e. The maximum absolute atomic E-state index is 6.11. The number of nitrogens with zero attached hydrogens (tertiary/aromatic N) is 1. The summed E-state index contributed by atoms with van der Waals surface area (Å²) < 4.78 is 0. The van der Waals surface area contributed by atoms with Crippen molar-refractivity contribution in [1.82, 2.24) is 5.32 Å². The molecule has 1 aliphatic rings. The second-order valence-electron chi connectivity index (χ2n) is 5.45. The van der Waals surface area contributed by atoms with E-state index in [1.54, 1.807) is 0 Å².